The minimum atomic E-state index is -0.358. The number of methoxy groups -OCH3 is 2. The van der Waals surface area contributed by atoms with Crippen LogP contribution in [0.4, 0.5) is 0 Å². The second-order valence-electron chi connectivity index (χ2n) is 3.95. The van der Waals surface area contributed by atoms with Gasteiger partial charge in [-0.2, -0.15) is 0 Å². The zero-order valence-electron chi connectivity index (χ0n) is 11.1. The third kappa shape index (κ3) is 3.24. The van der Waals surface area contributed by atoms with E-state index in [1.54, 1.807) is 37.4 Å². The number of benzene rings is 2. The van der Waals surface area contributed by atoms with Gasteiger partial charge in [0, 0.05) is 11.0 Å². The molecule has 5 heteroatoms. The predicted octanol–water partition coefficient (Wildman–Crippen LogP) is 3.34. The second-order valence-corrected chi connectivity index (χ2v) is 5.07. The summed E-state index contributed by atoms with van der Waals surface area (Å²) in [5.41, 5.74) is 0.509. The summed E-state index contributed by atoms with van der Waals surface area (Å²) in [5.74, 6) is 0.406. The van der Waals surface area contributed by atoms with E-state index in [-0.39, 0.29) is 11.7 Å². The molecule has 0 bridgehead atoms. The van der Waals surface area contributed by atoms with E-state index >= 15 is 0 Å². The van der Waals surface area contributed by atoms with Crippen molar-refractivity contribution in [3.8, 4) is 11.5 Å². The van der Waals surface area contributed by atoms with E-state index in [0.29, 0.717) is 11.3 Å². The van der Waals surface area contributed by atoms with Gasteiger partial charge in [0.15, 0.2) is 0 Å². The summed E-state index contributed by atoms with van der Waals surface area (Å²) in [5, 5.41) is 9.42. The van der Waals surface area contributed by atoms with Gasteiger partial charge in [-0.3, -0.25) is 0 Å². The number of phenols is 1. The van der Waals surface area contributed by atoms with Crippen LogP contribution >= 0.6 is 11.8 Å². The average molecular weight is 290 g/mol. The molecule has 0 aliphatic heterocycles. The van der Waals surface area contributed by atoms with E-state index < -0.39 is 0 Å². The highest BCUT2D eigenvalue weighted by atomic mass is 32.2. The van der Waals surface area contributed by atoms with Gasteiger partial charge >= 0.3 is 5.97 Å². The molecule has 0 fully saturated rings. The number of hydrogen-bond donors (Lipinski definition) is 1. The van der Waals surface area contributed by atoms with Crippen molar-refractivity contribution >= 4 is 17.7 Å². The first-order valence-corrected chi connectivity index (χ1v) is 6.69. The van der Waals surface area contributed by atoms with Crippen molar-refractivity contribution in [2.24, 2.45) is 0 Å². The highest BCUT2D eigenvalue weighted by molar-refractivity contribution is 7.99. The van der Waals surface area contributed by atoms with Gasteiger partial charge < -0.3 is 14.6 Å². The van der Waals surface area contributed by atoms with Gasteiger partial charge in [0.05, 0.1) is 24.7 Å². The molecule has 0 unspecified atom stereocenters. The third-order valence-corrected chi connectivity index (χ3v) is 3.72. The Bertz CT molecular complexity index is 608. The largest absolute Gasteiger partial charge is 0.508 e. The Hall–Kier alpha value is -2.14. The fraction of sp³-hybridized carbons (Fsp3) is 0.133. The standard InChI is InChI=1S/C15H14O4S/c1-18-13-9-11(16)5-8-14(13)20-12-6-3-10(4-7-12)15(17)19-2/h3-9,16H,1-2H3. The molecule has 0 spiro atoms. The van der Waals surface area contributed by atoms with Gasteiger partial charge in [0.1, 0.15) is 11.5 Å². The molecule has 0 saturated heterocycles. The summed E-state index contributed by atoms with van der Waals surface area (Å²) in [6, 6.07) is 12.0. The normalized spacial score (nSPS) is 10.1. The van der Waals surface area contributed by atoms with Crippen LogP contribution < -0.4 is 4.74 Å². The Balaban J connectivity index is 2.20. The molecule has 20 heavy (non-hydrogen) atoms. The van der Waals surface area contributed by atoms with E-state index in [0.717, 1.165) is 9.79 Å². The lowest BCUT2D eigenvalue weighted by Gasteiger charge is -2.08. The molecule has 104 valence electrons. The van der Waals surface area contributed by atoms with E-state index in [1.807, 2.05) is 12.1 Å². The molecule has 0 saturated carbocycles. The maximum atomic E-state index is 11.3. The smallest absolute Gasteiger partial charge is 0.337 e. The van der Waals surface area contributed by atoms with Crippen LogP contribution in [0.15, 0.2) is 52.3 Å². The molecule has 0 aromatic heterocycles. The van der Waals surface area contributed by atoms with Crippen LogP contribution in [0.1, 0.15) is 10.4 Å². The molecular weight excluding hydrogens is 276 g/mol. The minimum absolute atomic E-state index is 0.159. The Kier molecular flexibility index (Phi) is 4.53. The topological polar surface area (TPSA) is 55.8 Å². The van der Waals surface area contributed by atoms with Crippen molar-refractivity contribution in [1.82, 2.24) is 0 Å². The van der Waals surface area contributed by atoms with Gasteiger partial charge in [0.25, 0.3) is 0 Å². The minimum Gasteiger partial charge on any atom is -0.508 e. The number of hydrogen-bond acceptors (Lipinski definition) is 5. The van der Waals surface area contributed by atoms with Crippen LogP contribution in [0.25, 0.3) is 0 Å². The number of phenolic OH excluding ortho intramolecular Hbond substituents is 1. The lowest BCUT2D eigenvalue weighted by Crippen LogP contribution is -2.00. The Labute approximate surface area is 121 Å². The third-order valence-electron chi connectivity index (χ3n) is 2.65. The van der Waals surface area contributed by atoms with E-state index in [2.05, 4.69) is 4.74 Å². The second kappa shape index (κ2) is 6.34. The SMILES string of the molecule is COC(=O)c1ccc(Sc2ccc(O)cc2OC)cc1. The summed E-state index contributed by atoms with van der Waals surface area (Å²) < 4.78 is 9.87. The molecule has 0 heterocycles. The van der Waals surface area contributed by atoms with E-state index in [9.17, 15) is 9.90 Å². The molecule has 0 aliphatic rings. The van der Waals surface area contributed by atoms with Crippen LogP contribution in [0.2, 0.25) is 0 Å². The molecule has 0 amide bonds. The maximum absolute atomic E-state index is 11.3. The fourth-order valence-electron chi connectivity index (χ4n) is 1.64. The summed E-state index contributed by atoms with van der Waals surface area (Å²) in [7, 11) is 2.91. The molecule has 4 nitrogen and oxygen atoms in total. The summed E-state index contributed by atoms with van der Waals surface area (Å²) in [4.78, 5) is 13.2. The summed E-state index contributed by atoms with van der Waals surface area (Å²) in [6.45, 7) is 0. The van der Waals surface area contributed by atoms with Crippen LogP contribution in [-0.4, -0.2) is 25.3 Å². The Morgan fingerprint density at radius 3 is 2.40 bits per heavy atom. The van der Waals surface area contributed by atoms with E-state index in [1.165, 1.54) is 18.9 Å². The number of ether oxygens (including phenoxy) is 2. The summed E-state index contributed by atoms with van der Waals surface area (Å²) in [6.07, 6.45) is 0. The number of aromatic hydroxyl groups is 1. The number of carbonyl (C=O) groups excluding carboxylic acids is 1. The number of rotatable bonds is 4. The van der Waals surface area contributed by atoms with Gasteiger partial charge in [-0.05, 0) is 36.4 Å². The van der Waals surface area contributed by atoms with Crippen LogP contribution in [0, 0.1) is 0 Å². The molecular formula is C15H14O4S. The van der Waals surface area contributed by atoms with Crippen molar-refractivity contribution in [3.05, 3.63) is 48.0 Å². The zero-order chi connectivity index (χ0) is 14.5. The molecule has 0 aliphatic carbocycles. The Morgan fingerprint density at radius 1 is 1.10 bits per heavy atom. The van der Waals surface area contributed by atoms with Gasteiger partial charge in [0.2, 0.25) is 0 Å². The van der Waals surface area contributed by atoms with Gasteiger partial charge in [-0.1, -0.05) is 11.8 Å². The molecule has 2 rings (SSSR count). The first-order valence-electron chi connectivity index (χ1n) is 5.87. The highest BCUT2D eigenvalue weighted by Crippen LogP contribution is 2.36. The van der Waals surface area contributed by atoms with E-state index in [4.69, 9.17) is 4.74 Å². The highest BCUT2D eigenvalue weighted by Gasteiger charge is 2.08. The lowest BCUT2D eigenvalue weighted by molar-refractivity contribution is 0.0600. The Morgan fingerprint density at radius 2 is 1.80 bits per heavy atom. The van der Waals surface area contributed by atoms with Crippen molar-refractivity contribution in [3.63, 3.8) is 0 Å². The van der Waals surface area contributed by atoms with Gasteiger partial charge in [-0.25, -0.2) is 4.79 Å². The molecule has 0 atom stereocenters. The monoisotopic (exact) mass is 290 g/mol. The molecule has 2 aromatic rings. The fourth-order valence-corrected chi connectivity index (χ4v) is 2.55. The maximum Gasteiger partial charge on any atom is 0.337 e. The van der Waals surface area contributed by atoms with Gasteiger partial charge in [-0.15, -0.1) is 0 Å². The van der Waals surface area contributed by atoms with Crippen molar-refractivity contribution in [2.45, 2.75) is 9.79 Å². The molecule has 1 N–H and O–H groups in total. The lowest BCUT2D eigenvalue weighted by atomic mass is 10.2. The summed E-state index contributed by atoms with van der Waals surface area (Å²) >= 11 is 1.49. The predicted molar refractivity (Wildman–Crippen MR) is 76.6 cm³/mol. The quantitative estimate of drug-likeness (QED) is 0.875. The van der Waals surface area contributed by atoms with Crippen molar-refractivity contribution < 1.29 is 19.4 Å². The average Bonchev–Trinajstić information content (AvgIpc) is 2.49. The number of esters is 1. The molecule has 0 radical (unpaired) electrons. The van der Waals surface area contributed by atoms with Crippen molar-refractivity contribution in [2.75, 3.05) is 14.2 Å². The zero-order valence-corrected chi connectivity index (χ0v) is 11.9. The first-order chi connectivity index (χ1) is 9.63. The van der Waals surface area contributed by atoms with Crippen LogP contribution in [0.5, 0.6) is 11.5 Å². The van der Waals surface area contributed by atoms with Crippen molar-refractivity contribution in [1.29, 1.82) is 0 Å². The van der Waals surface area contributed by atoms with Crippen LogP contribution in [-0.2, 0) is 4.74 Å². The first kappa shape index (κ1) is 14.3. The van der Waals surface area contributed by atoms with Crippen LogP contribution in [0.3, 0.4) is 0 Å². The number of carbonyl (C=O) groups is 1. The molecule has 2 aromatic carbocycles.